The fraction of sp³-hybridized carbons (Fsp3) is 0.158. The largest absolute Gasteiger partial charge is 0.489 e. The molecular formula is C19H19ClFNOS. The normalized spacial score (nSPS) is 10.2. The maximum atomic E-state index is 12.9. The van der Waals surface area contributed by atoms with Crippen LogP contribution in [0.3, 0.4) is 0 Å². The Bertz CT molecular complexity index is 731. The monoisotopic (exact) mass is 363 g/mol. The van der Waals surface area contributed by atoms with Gasteiger partial charge < -0.3 is 10.1 Å². The maximum Gasteiger partial charge on any atom is 0.123 e. The SMILES string of the molecule is Cl.Fc1ccc(COc2cccc(CNCc3cccs3)c2)cc1. The summed E-state index contributed by atoms with van der Waals surface area (Å²) in [5, 5.41) is 5.51. The van der Waals surface area contributed by atoms with Crippen molar-refractivity contribution < 1.29 is 9.13 Å². The van der Waals surface area contributed by atoms with Crippen LogP contribution in [-0.2, 0) is 19.7 Å². The van der Waals surface area contributed by atoms with E-state index in [4.69, 9.17) is 4.74 Å². The summed E-state index contributed by atoms with van der Waals surface area (Å²) < 4.78 is 18.7. The van der Waals surface area contributed by atoms with Gasteiger partial charge in [-0.25, -0.2) is 4.39 Å². The average Bonchev–Trinajstić information content (AvgIpc) is 3.08. The van der Waals surface area contributed by atoms with Crippen molar-refractivity contribution in [3.8, 4) is 5.75 Å². The molecule has 0 radical (unpaired) electrons. The zero-order valence-corrected chi connectivity index (χ0v) is 14.7. The molecule has 0 spiro atoms. The molecule has 0 atom stereocenters. The van der Waals surface area contributed by atoms with E-state index >= 15 is 0 Å². The fourth-order valence-electron chi connectivity index (χ4n) is 2.24. The molecule has 0 saturated heterocycles. The molecular weight excluding hydrogens is 345 g/mol. The molecule has 24 heavy (non-hydrogen) atoms. The molecule has 3 rings (SSSR count). The Kier molecular flexibility index (Phi) is 7.25. The van der Waals surface area contributed by atoms with E-state index in [1.54, 1.807) is 23.5 Å². The predicted molar refractivity (Wildman–Crippen MR) is 99.3 cm³/mol. The van der Waals surface area contributed by atoms with E-state index in [-0.39, 0.29) is 18.2 Å². The van der Waals surface area contributed by atoms with Gasteiger partial charge in [0.25, 0.3) is 0 Å². The molecule has 0 aliphatic rings. The van der Waals surface area contributed by atoms with Crippen LogP contribution in [0.5, 0.6) is 5.75 Å². The summed E-state index contributed by atoms with van der Waals surface area (Å²) in [7, 11) is 0. The highest BCUT2D eigenvalue weighted by atomic mass is 35.5. The van der Waals surface area contributed by atoms with Crippen LogP contribution in [0.15, 0.2) is 66.0 Å². The van der Waals surface area contributed by atoms with Crippen LogP contribution in [-0.4, -0.2) is 0 Å². The minimum atomic E-state index is -0.229. The van der Waals surface area contributed by atoms with Crippen molar-refractivity contribution in [3.05, 3.63) is 87.9 Å². The molecule has 1 heterocycles. The van der Waals surface area contributed by atoms with E-state index in [0.717, 1.165) is 24.4 Å². The highest BCUT2D eigenvalue weighted by Crippen LogP contribution is 2.16. The van der Waals surface area contributed by atoms with E-state index in [1.165, 1.54) is 22.6 Å². The van der Waals surface area contributed by atoms with Crippen LogP contribution in [0, 0.1) is 5.82 Å². The Morgan fingerprint density at radius 3 is 2.50 bits per heavy atom. The van der Waals surface area contributed by atoms with Crippen LogP contribution in [0.1, 0.15) is 16.0 Å². The van der Waals surface area contributed by atoms with Crippen LogP contribution in [0.25, 0.3) is 0 Å². The molecule has 126 valence electrons. The first-order chi connectivity index (χ1) is 11.3. The molecule has 0 unspecified atom stereocenters. The predicted octanol–water partition coefficient (Wildman–Crippen LogP) is 5.18. The molecule has 3 aromatic rings. The van der Waals surface area contributed by atoms with E-state index in [0.29, 0.717) is 6.61 Å². The van der Waals surface area contributed by atoms with Gasteiger partial charge in [0.15, 0.2) is 0 Å². The first kappa shape index (κ1) is 18.5. The topological polar surface area (TPSA) is 21.3 Å². The molecule has 0 bridgehead atoms. The summed E-state index contributed by atoms with van der Waals surface area (Å²) in [6, 6.07) is 18.6. The molecule has 1 aromatic heterocycles. The summed E-state index contributed by atoms with van der Waals surface area (Å²) >= 11 is 1.75. The number of hydrogen-bond acceptors (Lipinski definition) is 3. The molecule has 0 aliphatic heterocycles. The third-order valence-corrected chi connectivity index (χ3v) is 4.30. The van der Waals surface area contributed by atoms with Crippen LogP contribution >= 0.6 is 23.7 Å². The van der Waals surface area contributed by atoms with E-state index in [1.807, 2.05) is 18.2 Å². The van der Waals surface area contributed by atoms with E-state index < -0.39 is 0 Å². The van der Waals surface area contributed by atoms with Gasteiger partial charge >= 0.3 is 0 Å². The molecule has 0 saturated carbocycles. The van der Waals surface area contributed by atoms with Crippen molar-refractivity contribution in [2.24, 2.45) is 0 Å². The quantitative estimate of drug-likeness (QED) is 0.624. The number of thiophene rings is 1. The van der Waals surface area contributed by atoms with Gasteiger partial charge in [0.1, 0.15) is 18.2 Å². The lowest BCUT2D eigenvalue weighted by atomic mass is 10.2. The highest BCUT2D eigenvalue weighted by molar-refractivity contribution is 7.09. The van der Waals surface area contributed by atoms with Gasteiger partial charge in [0.05, 0.1) is 0 Å². The Labute approximate surface area is 151 Å². The highest BCUT2D eigenvalue weighted by Gasteiger charge is 2.00. The maximum absolute atomic E-state index is 12.9. The van der Waals surface area contributed by atoms with Crippen LogP contribution in [0.4, 0.5) is 4.39 Å². The Morgan fingerprint density at radius 2 is 1.75 bits per heavy atom. The van der Waals surface area contributed by atoms with Gasteiger partial charge in [-0.3, -0.25) is 0 Å². The number of rotatable bonds is 7. The lowest BCUT2D eigenvalue weighted by Crippen LogP contribution is -2.11. The standard InChI is InChI=1S/C19H18FNOS.ClH/c20-17-8-6-15(7-9-17)14-22-18-4-1-3-16(11-18)12-21-13-19-5-2-10-23-19;/h1-11,21H,12-14H2;1H. The van der Waals surface area contributed by atoms with Gasteiger partial charge in [-0.05, 0) is 46.8 Å². The number of benzene rings is 2. The van der Waals surface area contributed by atoms with Crippen LogP contribution < -0.4 is 10.1 Å². The molecule has 0 aliphatic carbocycles. The fourth-order valence-corrected chi connectivity index (χ4v) is 2.91. The smallest absolute Gasteiger partial charge is 0.123 e. The molecule has 5 heteroatoms. The summed E-state index contributed by atoms with van der Waals surface area (Å²) in [6.45, 7) is 2.11. The lowest BCUT2D eigenvalue weighted by Gasteiger charge is -2.09. The minimum absolute atomic E-state index is 0. The second-order valence-electron chi connectivity index (χ2n) is 5.25. The minimum Gasteiger partial charge on any atom is -0.489 e. The average molecular weight is 364 g/mol. The molecule has 0 fully saturated rings. The van der Waals surface area contributed by atoms with E-state index in [9.17, 15) is 4.39 Å². The van der Waals surface area contributed by atoms with Gasteiger partial charge in [0.2, 0.25) is 0 Å². The third kappa shape index (κ3) is 5.64. The summed E-state index contributed by atoms with van der Waals surface area (Å²) in [6.07, 6.45) is 0. The molecule has 1 N–H and O–H groups in total. The van der Waals surface area contributed by atoms with Crippen LogP contribution in [0.2, 0.25) is 0 Å². The first-order valence-electron chi connectivity index (χ1n) is 7.49. The Balaban J connectivity index is 0.00000208. The number of ether oxygens (including phenoxy) is 1. The van der Waals surface area contributed by atoms with Crippen molar-refractivity contribution >= 4 is 23.7 Å². The van der Waals surface area contributed by atoms with Gasteiger partial charge in [0, 0.05) is 18.0 Å². The van der Waals surface area contributed by atoms with Gasteiger partial charge in [-0.15, -0.1) is 23.7 Å². The van der Waals surface area contributed by atoms with Crippen molar-refractivity contribution in [1.82, 2.24) is 5.32 Å². The van der Waals surface area contributed by atoms with Crippen molar-refractivity contribution in [3.63, 3.8) is 0 Å². The third-order valence-electron chi connectivity index (χ3n) is 3.43. The second kappa shape index (κ2) is 9.42. The summed E-state index contributed by atoms with van der Waals surface area (Å²) in [5.74, 6) is 0.595. The Hall–Kier alpha value is -1.88. The van der Waals surface area contributed by atoms with Crippen molar-refractivity contribution in [2.45, 2.75) is 19.7 Å². The Morgan fingerprint density at radius 1 is 0.917 bits per heavy atom. The van der Waals surface area contributed by atoms with Gasteiger partial charge in [-0.2, -0.15) is 0 Å². The zero-order valence-electron chi connectivity index (χ0n) is 13.1. The summed E-state index contributed by atoms with van der Waals surface area (Å²) in [4.78, 5) is 1.33. The first-order valence-corrected chi connectivity index (χ1v) is 8.37. The zero-order chi connectivity index (χ0) is 15.9. The number of hydrogen-bond donors (Lipinski definition) is 1. The lowest BCUT2D eigenvalue weighted by molar-refractivity contribution is 0.305. The molecule has 0 amide bonds. The van der Waals surface area contributed by atoms with Crippen molar-refractivity contribution in [2.75, 3.05) is 0 Å². The number of nitrogens with one attached hydrogen (secondary N) is 1. The molecule has 2 aromatic carbocycles. The van der Waals surface area contributed by atoms with Crippen molar-refractivity contribution in [1.29, 1.82) is 0 Å². The molecule has 2 nitrogen and oxygen atoms in total. The second-order valence-corrected chi connectivity index (χ2v) is 6.28. The van der Waals surface area contributed by atoms with E-state index in [2.05, 4.69) is 28.9 Å². The van der Waals surface area contributed by atoms with Gasteiger partial charge in [-0.1, -0.05) is 30.3 Å². The number of halogens is 2. The summed E-state index contributed by atoms with van der Waals surface area (Å²) in [5.41, 5.74) is 2.13.